The van der Waals surface area contributed by atoms with Gasteiger partial charge in [0.05, 0.1) is 24.6 Å². The molecule has 2 N–H and O–H groups in total. The van der Waals surface area contributed by atoms with E-state index < -0.39 is 0 Å². The first-order valence-corrected chi connectivity index (χ1v) is 8.45. The van der Waals surface area contributed by atoms with Gasteiger partial charge in [-0.15, -0.1) is 0 Å². The second kappa shape index (κ2) is 7.94. The van der Waals surface area contributed by atoms with Gasteiger partial charge in [-0.3, -0.25) is 4.79 Å². The fraction of sp³-hybridized carbons (Fsp3) is 0.389. The number of hydrogen-bond acceptors (Lipinski definition) is 6. The summed E-state index contributed by atoms with van der Waals surface area (Å²) in [5, 5.41) is 6.14. The predicted molar refractivity (Wildman–Crippen MR) is 98.2 cm³/mol. The molecular formula is C18H23N5O2. The van der Waals surface area contributed by atoms with Crippen LogP contribution in [0.25, 0.3) is 0 Å². The molecule has 0 unspecified atom stereocenters. The number of amides is 1. The summed E-state index contributed by atoms with van der Waals surface area (Å²) in [6.45, 7) is 7.03. The van der Waals surface area contributed by atoms with Crippen molar-refractivity contribution in [1.82, 2.24) is 9.97 Å². The van der Waals surface area contributed by atoms with Gasteiger partial charge in [-0.05, 0) is 26.0 Å². The SMILES string of the molecule is CC(C)Nc1cc(C(=O)Nc2ccccc2N2CCOCC2)ncn1. The monoisotopic (exact) mass is 341 g/mol. The van der Waals surface area contributed by atoms with Crippen LogP contribution in [0, 0.1) is 0 Å². The molecule has 1 aromatic heterocycles. The summed E-state index contributed by atoms with van der Waals surface area (Å²) >= 11 is 0. The zero-order chi connectivity index (χ0) is 17.6. The molecule has 1 aromatic carbocycles. The number of rotatable bonds is 5. The van der Waals surface area contributed by atoms with Crippen LogP contribution in [-0.4, -0.2) is 48.2 Å². The van der Waals surface area contributed by atoms with Crippen molar-refractivity contribution < 1.29 is 9.53 Å². The summed E-state index contributed by atoms with van der Waals surface area (Å²) in [7, 11) is 0. The molecule has 1 saturated heterocycles. The lowest BCUT2D eigenvalue weighted by Gasteiger charge is -2.30. The number of morpholine rings is 1. The standard InChI is InChI=1S/C18H23N5O2/c1-13(2)21-17-11-15(19-12-20-17)18(24)22-14-5-3-4-6-16(14)23-7-9-25-10-8-23/h3-6,11-13H,7-10H2,1-2H3,(H,22,24)(H,19,20,21). The normalized spacial score (nSPS) is 14.4. The van der Waals surface area contributed by atoms with Crippen molar-refractivity contribution in [3.63, 3.8) is 0 Å². The molecule has 25 heavy (non-hydrogen) atoms. The minimum Gasteiger partial charge on any atom is -0.378 e. The Morgan fingerprint density at radius 3 is 2.72 bits per heavy atom. The van der Waals surface area contributed by atoms with Gasteiger partial charge >= 0.3 is 0 Å². The Labute approximate surface area is 147 Å². The summed E-state index contributed by atoms with van der Waals surface area (Å²) in [5.41, 5.74) is 2.09. The Morgan fingerprint density at radius 2 is 1.96 bits per heavy atom. The number of benzene rings is 1. The lowest BCUT2D eigenvalue weighted by Crippen LogP contribution is -2.36. The van der Waals surface area contributed by atoms with Gasteiger partial charge in [-0.2, -0.15) is 0 Å². The maximum atomic E-state index is 12.6. The summed E-state index contributed by atoms with van der Waals surface area (Å²) in [6, 6.07) is 9.67. The average molecular weight is 341 g/mol. The Kier molecular flexibility index (Phi) is 5.45. The van der Waals surface area contributed by atoms with Gasteiger partial charge in [-0.25, -0.2) is 9.97 Å². The van der Waals surface area contributed by atoms with Gasteiger partial charge in [0.1, 0.15) is 17.8 Å². The third kappa shape index (κ3) is 4.45. The largest absolute Gasteiger partial charge is 0.378 e. The van der Waals surface area contributed by atoms with E-state index in [0.717, 1.165) is 24.5 Å². The minimum absolute atomic E-state index is 0.229. The summed E-state index contributed by atoms with van der Waals surface area (Å²) in [6.07, 6.45) is 1.40. The van der Waals surface area contributed by atoms with E-state index in [4.69, 9.17) is 4.74 Å². The second-order valence-corrected chi connectivity index (χ2v) is 6.16. The van der Waals surface area contributed by atoms with Crippen LogP contribution in [0.4, 0.5) is 17.2 Å². The third-order valence-corrected chi connectivity index (χ3v) is 3.84. The fourth-order valence-corrected chi connectivity index (χ4v) is 2.70. The highest BCUT2D eigenvalue weighted by molar-refractivity contribution is 6.05. The molecule has 7 heteroatoms. The van der Waals surface area contributed by atoms with Crippen molar-refractivity contribution in [2.45, 2.75) is 19.9 Å². The number of carbonyl (C=O) groups is 1. The van der Waals surface area contributed by atoms with Crippen LogP contribution in [0.3, 0.4) is 0 Å². The Bertz CT molecular complexity index is 729. The lowest BCUT2D eigenvalue weighted by atomic mass is 10.2. The molecule has 1 fully saturated rings. The van der Waals surface area contributed by atoms with Gasteiger partial charge in [0.25, 0.3) is 5.91 Å². The molecule has 0 aliphatic carbocycles. The quantitative estimate of drug-likeness (QED) is 0.869. The predicted octanol–water partition coefficient (Wildman–Crippen LogP) is 2.39. The molecule has 1 aliphatic rings. The molecule has 1 aliphatic heterocycles. The number of carbonyl (C=O) groups excluding carboxylic acids is 1. The molecule has 7 nitrogen and oxygen atoms in total. The van der Waals surface area contributed by atoms with E-state index in [0.29, 0.717) is 24.7 Å². The smallest absolute Gasteiger partial charge is 0.274 e. The molecule has 0 spiro atoms. The maximum Gasteiger partial charge on any atom is 0.274 e. The van der Waals surface area contributed by atoms with Gasteiger partial charge in [0, 0.05) is 25.2 Å². The highest BCUT2D eigenvalue weighted by atomic mass is 16.5. The van der Waals surface area contributed by atoms with E-state index in [2.05, 4.69) is 25.5 Å². The lowest BCUT2D eigenvalue weighted by molar-refractivity contribution is 0.102. The molecule has 3 rings (SSSR count). The molecule has 0 radical (unpaired) electrons. The van der Waals surface area contributed by atoms with E-state index >= 15 is 0 Å². The van der Waals surface area contributed by atoms with Crippen molar-refractivity contribution in [3.05, 3.63) is 42.4 Å². The highest BCUT2D eigenvalue weighted by Gasteiger charge is 2.17. The molecule has 0 atom stereocenters. The number of nitrogens with zero attached hydrogens (tertiary/aromatic N) is 3. The first-order chi connectivity index (χ1) is 12.1. The van der Waals surface area contributed by atoms with Crippen molar-refractivity contribution in [1.29, 1.82) is 0 Å². The molecule has 1 amide bonds. The second-order valence-electron chi connectivity index (χ2n) is 6.16. The molecular weight excluding hydrogens is 318 g/mol. The Balaban J connectivity index is 1.77. The van der Waals surface area contributed by atoms with Crippen LogP contribution in [-0.2, 0) is 4.74 Å². The van der Waals surface area contributed by atoms with Crippen LogP contribution in [0.5, 0.6) is 0 Å². The number of nitrogens with one attached hydrogen (secondary N) is 2. The van der Waals surface area contributed by atoms with E-state index in [9.17, 15) is 4.79 Å². The molecule has 2 heterocycles. The van der Waals surface area contributed by atoms with Gasteiger partial charge < -0.3 is 20.3 Å². The van der Waals surface area contributed by atoms with E-state index in [1.165, 1.54) is 6.33 Å². The van der Waals surface area contributed by atoms with Crippen molar-refractivity contribution in [3.8, 4) is 0 Å². The van der Waals surface area contributed by atoms with Crippen LogP contribution in [0.1, 0.15) is 24.3 Å². The van der Waals surface area contributed by atoms with Crippen molar-refractivity contribution in [2.75, 3.05) is 41.8 Å². The summed E-state index contributed by atoms with van der Waals surface area (Å²) < 4.78 is 5.40. The van der Waals surface area contributed by atoms with Crippen LogP contribution < -0.4 is 15.5 Å². The summed E-state index contributed by atoms with van der Waals surface area (Å²) in [4.78, 5) is 23.1. The number of hydrogen-bond donors (Lipinski definition) is 2. The van der Waals surface area contributed by atoms with E-state index in [1.807, 2.05) is 38.1 Å². The van der Waals surface area contributed by atoms with Crippen LogP contribution in [0.2, 0.25) is 0 Å². The number of anilines is 3. The first kappa shape index (κ1) is 17.2. The minimum atomic E-state index is -0.255. The third-order valence-electron chi connectivity index (χ3n) is 3.84. The van der Waals surface area contributed by atoms with Gasteiger partial charge in [-0.1, -0.05) is 12.1 Å². The van der Waals surface area contributed by atoms with E-state index in [1.54, 1.807) is 6.07 Å². The van der Waals surface area contributed by atoms with Crippen molar-refractivity contribution >= 4 is 23.1 Å². The molecule has 0 saturated carbocycles. The van der Waals surface area contributed by atoms with Crippen LogP contribution >= 0.6 is 0 Å². The van der Waals surface area contributed by atoms with E-state index in [-0.39, 0.29) is 11.9 Å². The zero-order valence-corrected chi connectivity index (χ0v) is 14.5. The fourth-order valence-electron chi connectivity index (χ4n) is 2.70. The number of para-hydroxylation sites is 2. The Hall–Kier alpha value is -2.67. The van der Waals surface area contributed by atoms with Gasteiger partial charge in [0.2, 0.25) is 0 Å². The number of ether oxygens (including phenoxy) is 1. The topological polar surface area (TPSA) is 79.4 Å². The van der Waals surface area contributed by atoms with Gasteiger partial charge in [0.15, 0.2) is 0 Å². The average Bonchev–Trinajstić information content (AvgIpc) is 2.62. The highest BCUT2D eigenvalue weighted by Crippen LogP contribution is 2.26. The molecule has 0 bridgehead atoms. The maximum absolute atomic E-state index is 12.6. The first-order valence-electron chi connectivity index (χ1n) is 8.45. The molecule has 132 valence electrons. The van der Waals surface area contributed by atoms with Crippen molar-refractivity contribution in [2.24, 2.45) is 0 Å². The zero-order valence-electron chi connectivity index (χ0n) is 14.5. The Morgan fingerprint density at radius 1 is 1.20 bits per heavy atom. The van der Waals surface area contributed by atoms with Crippen LogP contribution in [0.15, 0.2) is 36.7 Å². The summed E-state index contributed by atoms with van der Waals surface area (Å²) in [5.74, 6) is 0.381. The molecule has 2 aromatic rings. The number of aromatic nitrogens is 2.